The van der Waals surface area contributed by atoms with Crippen LogP contribution in [-0.2, 0) is 11.0 Å². The minimum Gasteiger partial charge on any atom is -0.376 e. The summed E-state index contributed by atoms with van der Waals surface area (Å²) in [6, 6.07) is 4.34. The summed E-state index contributed by atoms with van der Waals surface area (Å²) in [5.41, 5.74) is 3.80. The van der Waals surface area contributed by atoms with Crippen molar-refractivity contribution in [2.24, 2.45) is 11.1 Å². The van der Waals surface area contributed by atoms with Crippen molar-refractivity contribution in [2.75, 3.05) is 4.90 Å². The molecule has 0 aliphatic carbocycles. The van der Waals surface area contributed by atoms with E-state index >= 15 is 0 Å². The van der Waals surface area contributed by atoms with Gasteiger partial charge in [0.25, 0.3) is 0 Å². The molecule has 0 aliphatic heterocycles. The van der Waals surface area contributed by atoms with Gasteiger partial charge in [-0.1, -0.05) is 26.8 Å². The summed E-state index contributed by atoms with van der Waals surface area (Å²) >= 11 is 4.78. The first-order chi connectivity index (χ1) is 8.94. The van der Waals surface area contributed by atoms with Gasteiger partial charge >= 0.3 is 6.18 Å². The number of rotatable bonds is 1. The van der Waals surface area contributed by atoms with E-state index in [0.717, 1.165) is 17.0 Å². The number of carbonyl (C=O) groups is 1. The molecule has 0 saturated heterocycles. The average Bonchev–Trinajstić information content (AvgIpc) is 2.26. The monoisotopic (exact) mass is 304 g/mol. The maximum absolute atomic E-state index is 12.7. The van der Waals surface area contributed by atoms with Crippen molar-refractivity contribution in [1.29, 1.82) is 0 Å². The van der Waals surface area contributed by atoms with Gasteiger partial charge in [0.1, 0.15) is 0 Å². The number of nitrogens with two attached hydrogens (primary N) is 1. The fourth-order valence-corrected chi connectivity index (χ4v) is 1.69. The van der Waals surface area contributed by atoms with Crippen LogP contribution in [0, 0.1) is 5.41 Å². The predicted octanol–water partition coefficient (Wildman–Crippen LogP) is 3.33. The van der Waals surface area contributed by atoms with Gasteiger partial charge in [-0.15, -0.1) is 0 Å². The standard InChI is InChI=1S/C13H15F3N2OS/c1-12(2,3)10(19)18(11(17)20)9-6-4-5-8(7-9)13(14,15)16/h4-7H,1-3H3,(H2,17,20). The van der Waals surface area contributed by atoms with Crippen LogP contribution in [0.5, 0.6) is 0 Å². The lowest BCUT2D eigenvalue weighted by Crippen LogP contribution is -2.46. The molecule has 0 fully saturated rings. The number of amides is 1. The number of anilines is 1. The van der Waals surface area contributed by atoms with Crippen molar-refractivity contribution in [3.63, 3.8) is 0 Å². The summed E-state index contributed by atoms with van der Waals surface area (Å²) in [5.74, 6) is -0.468. The molecule has 0 unspecified atom stereocenters. The molecule has 0 radical (unpaired) electrons. The van der Waals surface area contributed by atoms with Crippen LogP contribution in [-0.4, -0.2) is 11.0 Å². The number of benzene rings is 1. The van der Waals surface area contributed by atoms with Crippen LogP contribution in [0.4, 0.5) is 18.9 Å². The number of thiocarbonyl (C=S) groups is 1. The summed E-state index contributed by atoms with van der Waals surface area (Å²) < 4.78 is 38.1. The van der Waals surface area contributed by atoms with Crippen molar-refractivity contribution < 1.29 is 18.0 Å². The van der Waals surface area contributed by atoms with Gasteiger partial charge in [0.05, 0.1) is 11.3 Å². The van der Waals surface area contributed by atoms with Gasteiger partial charge in [-0.25, -0.2) is 0 Å². The van der Waals surface area contributed by atoms with Gasteiger partial charge in [0, 0.05) is 5.41 Å². The van der Waals surface area contributed by atoms with E-state index in [-0.39, 0.29) is 10.8 Å². The summed E-state index contributed by atoms with van der Waals surface area (Å²) in [6.45, 7) is 4.90. The van der Waals surface area contributed by atoms with Crippen LogP contribution in [0.25, 0.3) is 0 Å². The number of nitrogens with zero attached hydrogens (tertiary/aromatic N) is 1. The van der Waals surface area contributed by atoms with Gasteiger partial charge in [0.15, 0.2) is 5.11 Å². The molecule has 0 atom stereocenters. The van der Waals surface area contributed by atoms with Gasteiger partial charge in [-0.3, -0.25) is 9.69 Å². The van der Waals surface area contributed by atoms with Crippen LogP contribution in [0.3, 0.4) is 0 Å². The summed E-state index contributed by atoms with van der Waals surface area (Å²) in [7, 11) is 0. The van der Waals surface area contributed by atoms with Crippen LogP contribution in [0.1, 0.15) is 26.3 Å². The quantitative estimate of drug-likeness (QED) is 0.810. The van der Waals surface area contributed by atoms with E-state index in [9.17, 15) is 18.0 Å². The largest absolute Gasteiger partial charge is 0.416 e. The molecular weight excluding hydrogens is 289 g/mol. The van der Waals surface area contributed by atoms with Gasteiger partial charge < -0.3 is 5.73 Å². The molecule has 7 heteroatoms. The zero-order chi connectivity index (χ0) is 15.7. The van der Waals surface area contributed by atoms with Crippen LogP contribution in [0.2, 0.25) is 0 Å². The molecule has 0 heterocycles. The van der Waals surface area contributed by atoms with Crippen molar-refractivity contribution in [1.82, 2.24) is 0 Å². The van der Waals surface area contributed by atoms with Crippen molar-refractivity contribution in [2.45, 2.75) is 26.9 Å². The lowest BCUT2D eigenvalue weighted by Gasteiger charge is -2.28. The topological polar surface area (TPSA) is 46.3 Å². The SMILES string of the molecule is CC(C)(C)C(=O)N(C(N)=S)c1cccc(C(F)(F)F)c1. The van der Waals surface area contributed by atoms with E-state index < -0.39 is 23.1 Å². The highest BCUT2D eigenvalue weighted by atomic mass is 32.1. The Morgan fingerprint density at radius 1 is 1.25 bits per heavy atom. The van der Waals surface area contributed by atoms with Crippen LogP contribution in [0.15, 0.2) is 24.3 Å². The summed E-state index contributed by atoms with van der Waals surface area (Å²) in [6.07, 6.45) is -4.50. The third-order valence-electron chi connectivity index (χ3n) is 2.50. The first kappa shape index (κ1) is 16.4. The second-order valence-corrected chi connectivity index (χ2v) is 5.70. The average molecular weight is 304 g/mol. The summed E-state index contributed by atoms with van der Waals surface area (Å²) in [4.78, 5) is 13.2. The Hall–Kier alpha value is -1.63. The number of carbonyl (C=O) groups excluding carboxylic acids is 1. The van der Waals surface area contributed by atoms with E-state index in [1.807, 2.05) is 0 Å². The van der Waals surface area contributed by atoms with Crippen molar-refractivity contribution in [3.8, 4) is 0 Å². The number of alkyl halides is 3. The zero-order valence-electron chi connectivity index (χ0n) is 11.3. The second-order valence-electron chi connectivity index (χ2n) is 5.28. The smallest absolute Gasteiger partial charge is 0.376 e. The third-order valence-corrected chi connectivity index (χ3v) is 2.68. The molecular formula is C13H15F3N2OS. The molecule has 0 spiro atoms. The molecule has 0 saturated carbocycles. The molecule has 1 aromatic rings. The number of halogens is 3. The van der Waals surface area contributed by atoms with Gasteiger partial charge in [-0.2, -0.15) is 13.2 Å². The molecule has 0 aliphatic rings. The van der Waals surface area contributed by atoms with Crippen LogP contribution < -0.4 is 10.6 Å². The molecule has 1 amide bonds. The van der Waals surface area contributed by atoms with E-state index in [1.165, 1.54) is 12.1 Å². The van der Waals surface area contributed by atoms with Gasteiger partial charge in [-0.05, 0) is 30.4 Å². The highest BCUT2D eigenvalue weighted by Gasteiger charge is 2.33. The predicted molar refractivity (Wildman–Crippen MR) is 75.2 cm³/mol. The van der Waals surface area contributed by atoms with E-state index in [2.05, 4.69) is 0 Å². The maximum atomic E-state index is 12.7. The number of hydrogen-bond acceptors (Lipinski definition) is 2. The Morgan fingerprint density at radius 3 is 2.20 bits per heavy atom. The second kappa shape index (κ2) is 5.40. The lowest BCUT2D eigenvalue weighted by molar-refractivity contribution is -0.137. The van der Waals surface area contributed by atoms with Gasteiger partial charge in [0.2, 0.25) is 5.91 Å². The maximum Gasteiger partial charge on any atom is 0.416 e. The fraction of sp³-hybridized carbons (Fsp3) is 0.385. The number of hydrogen-bond donors (Lipinski definition) is 1. The molecule has 1 rings (SSSR count). The normalized spacial score (nSPS) is 12.1. The van der Waals surface area contributed by atoms with Crippen LogP contribution >= 0.6 is 12.2 Å². The highest BCUT2D eigenvalue weighted by Crippen LogP contribution is 2.32. The third kappa shape index (κ3) is 3.69. The fourth-order valence-electron chi connectivity index (χ4n) is 1.50. The Labute approximate surface area is 120 Å². The summed E-state index contributed by atoms with van der Waals surface area (Å²) in [5, 5.41) is -0.288. The Balaban J connectivity index is 3.31. The molecule has 20 heavy (non-hydrogen) atoms. The molecule has 1 aromatic carbocycles. The minimum absolute atomic E-state index is 0.00671. The first-order valence-electron chi connectivity index (χ1n) is 5.76. The Bertz CT molecular complexity index is 535. The van der Waals surface area contributed by atoms with E-state index in [1.54, 1.807) is 20.8 Å². The molecule has 110 valence electrons. The van der Waals surface area contributed by atoms with E-state index in [0.29, 0.717) is 0 Å². The van der Waals surface area contributed by atoms with Crippen molar-refractivity contribution in [3.05, 3.63) is 29.8 Å². The molecule has 3 nitrogen and oxygen atoms in total. The Morgan fingerprint density at radius 2 is 1.80 bits per heavy atom. The van der Waals surface area contributed by atoms with Crippen molar-refractivity contribution >= 4 is 28.9 Å². The minimum atomic E-state index is -4.50. The lowest BCUT2D eigenvalue weighted by atomic mass is 9.94. The van der Waals surface area contributed by atoms with E-state index in [4.69, 9.17) is 18.0 Å². The molecule has 0 aromatic heterocycles. The molecule has 0 bridgehead atoms. The molecule has 2 N–H and O–H groups in total. The zero-order valence-corrected chi connectivity index (χ0v) is 12.1. The first-order valence-corrected chi connectivity index (χ1v) is 6.16. The highest BCUT2D eigenvalue weighted by molar-refractivity contribution is 7.80. The Kier molecular flexibility index (Phi) is 4.43.